The minimum Gasteiger partial charge on any atom is -0.484 e. The van der Waals surface area contributed by atoms with Gasteiger partial charge in [0.2, 0.25) is 5.91 Å². The molecule has 0 heterocycles. The molecule has 6 heteroatoms. The quantitative estimate of drug-likeness (QED) is 0.469. The number of nitrogens with zero attached hydrogens (tertiary/aromatic N) is 1. The number of likely N-dealkylation sites (N-methyl/N-ethyl adjacent to an activating group) is 1. The van der Waals surface area contributed by atoms with Crippen molar-refractivity contribution in [1.29, 1.82) is 0 Å². The number of aryl methyl sites for hydroxylation is 3. The summed E-state index contributed by atoms with van der Waals surface area (Å²) in [6.45, 7) is 5.92. The first-order chi connectivity index (χ1) is 16.3. The third-order valence-electron chi connectivity index (χ3n) is 5.89. The van der Waals surface area contributed by atoms with Crippen molar-refractivity contribution in [3.05, 3.63) is 99.6 Å². The fraction of sp³-hybridized carbons (Fsp3) is 0.286. The molecule has 5 nitrogen and oxygen atoms in total. The van der Waals surface area contributed by atoms with E-state index >= 15 is 0 Å². The van der Waals surface area contributed by atoms with E-state index in [9.17, 15) is 9.59 Å². The van der Waals surface area contributed by atoms with Crippen LogP contribution in [0.25, 0.3) is 0 Å². The Kier molecular flexibility index (Phi) is 8.72. The van der Waals surface area contributed by atoms with Gasteiger partial charge in [0.1, 0.15) is 11.8 Å². The molecule has 2 amide bonds. The van der Waals surface area contributed by atoms with Gasteiger partial charge >= 0.3 is 0 Å². The highest BCUT2D eigenvalue weighted by Crippen LogP contribution is 2.26. The molecule has 0 aliphatic heterocycles. The van der Waals surface area contributed by atoms with Crippen molar-refractivity contribution >= 4 is 23.4 Å². The summed E-state index contributed by atoms with van der Waals surface area (Å²) in [6, 6.07) is 20.5. The molecule has 0 spiro atoms. The normalized spacial score (nSPS) is 11.6. The Morgan fingerprint density at radius 1 is 0.941 bits per heavy atom. The van der Waals surface area contributed by atoms with Crippen molar-refractivity contribution in [3.8, 4) is 5.75 Å². The standard InChI is InChI=1S/C28H31ClN2O3/c1-19-10-8-9-13-23(19)17-31(25(28(33)30-4)16-22-11-6-5-7-12-22)26(32)18-34-24-14-20(2)27(29)21(3)15-24/h5-15,25H,16-18H2,1-4H3,(H,30,33). The highest BCUT2D eigenvalue weighted by molar-refractivity contribution is 6.32. The second-order valence-corrected chi connectivity index (χ2v) is 8.81. The topological polar surface area (TPSA) is 58.6 Å². The SMILES string of the molecule is CNC(=O)C(Cc1ccccc1)N(Cc1ccccc1C)C(=O)COc1cc(C)c(Cl)c(C)c1. The van der Waals surface area contributed by atoms with Crippen LogP contribution in [-0.2, 0) is 22.6 Å². The number of nitrogens with one attached hydrogen (secondary N) is 1. The third kappa shape index (κ3) is 6.39. The van der Waals surface area contributed by atoms with Gasteiger partial charge in [-0.25, -0.2) is 0 Å². The van der Waals surface area contributed by atoms with Gasteiger partial charge in [0, 0.05) is 25.0 Å². The van der Waals surface area contributed by atoms with E-state index in [0.717, 1.165) is 27.8 Å². The summed E-state index contributed by atoms with van der Waals surface area (Å²) in [6.07, 6.45) is 0.400. The van der Waals surface area contributed by atoms with Gasteiger partial charge in [-0.2, -0.15) is 0 Å². The highest BCUT2D eigenvalue weighted by atomic mass is 35.5. The van der Waals surface area contributed by atoms with Crippen LogP contribution in [0.2, 0.25) is 5.02 Å². The number of ether oxygens (including phenoxy) is 1. The van der Waals surface area contributed by atoms with E-state index in [4.69, 9.17) is 16.3 Å². The van der Waals surface area contributed by atoms with E-state index in [1.54, 1.807) is 11.9 Å². The minimum atomic E-state index is -0.684. The smallest absolute Gasteiger partial charge is 0.261 e. The number of carbonyl (C=O) groups excluding carboxylic acids is 2. The number of rotatable bonds is 9. The maximum atomic E-state index is 13.5. The predicted octanol–water partition coefficient (Wildman–Crippen LogP) is 5.03. The summed E-state index contributed by atoms with van der Waals surface area (Å²) in [5.41, 5.74) is 4.78. The van der Waals surface area contributed by atoms with E-state index < -0.39 is 6.04 Å². The average molecular weight is 479 g/mol. The van der Waals surface area contributed by atoms with E-state index in [0.29, 0.717) is 23.7 Å². The number of hydrogen-bond donors (Lipinski definition) is 1. The average Bonchev–Trinajstić information content (AvgIpc) is 2.84. The van der Waals surface area contributed by atoms with Gasteiger partial charge in [0.05, 0.1) is 0 Å². The third-order valence-corrected chi connectivity index (χ3v) is 6.49. The first kappa shape index (κ1) is 25.3. The largest absolute Gasteiger partial charge is 0.484 e. The van der Waals surface area contributed by atoms with Crippen molar-refractivity contribution in [2.75, 3.05) is 13.7 Å². The fourth-order valence-corrected chi connectivity index (χ4v) is 4.02. The zero-order valence-electron chi connectivity index (χ0n) is 20.1. The number of amides is 2. The second-order valence-electron chi connectivity index (χ2n) is 8.43. The summed E-state index contributed by atoms with van der Waals surface area (Å²) in [5, 5.41) is 3.41. The molecule has 0 aliphatic rings. The molecule has 0 saturated heterocycles. The van der Waals surface area contributed by atoms with Crippen LogP contribution in [-0.4, -0.2) is 36.4 Å². The first-order valence-corrected chi connectivity index (χ1v) is 11.7. The lowest BCUT2D eigenvalue weighted by Crippen LogP contribution is -2.51. The van der Waals surface area contributed by atoms with E-state index in [-0.39, 0.29) is 18.4 Å². The van der Waals surface area contributed by atoms with Crippen LogP contribution in [0.1, 0.15) is 27.8 Å². The predicted molar refractivity (Wildman–Crippen MR) is 136 cm³/mol. The monoisotopic (exact) mass is 478 g/mol. The van der Waals surface area contributed by atoms with Gasteiger partial charge in [0.15, 0.2) is 6.61 Å². The van der Waals surface area contributed by atoms with Crippen LogP contribution in [0.3, 0.4) is 0 Å². The van der Waals surface area contributed by atoms with Gasteiger partial charge in [-0.15, -0.1) is 0 Å². The Morgan fingerprint density at radius 2 is 1.56 bits per heavy atom. The Hall–Kier alpha value is -3.31. The van der Waals surface area contributed by atoms with E-state index in [1.165, 1.54) is 0 Å². The van der Waals surface area contributed by atoms with Crippen molar-refractivity contribution in [3.63, 3.8) is 0 Å². The lowest BCUT2D eigenvalue weighted by molar-refractivity contribution is -0.142. The molecule has 1 atom stereocenters. The molecular weight excluding hydrogens is 448 g/mol. The molecule has 0 radical (unpaired) electrons. The van der Waals surface area contributed by atoms with E-state index in [2.05, 4.69) is 5.32 Å². The molecule has 1 N–H and O–H groups in total. The van der Waals surface area contributed by atoms with Gasteiger partial charge in [-0.05, 0) is 60.7 Å². The molecule has 1 unspecified atom stereocenters. The number of carbonyl (C=O) groups is 2. The molecule has 3 aromatic rings. The molecule has 0 aromatic heterocycles. The van der Waals surface area contributed by atoms with Crippen LogP contribution < -0.4 is 10.1 Å². The van der Waals surface area contributed by atoms with Gasteiger partial charge < -0.3 is 15.0 Å². The van der Waals surface area contributed by atoms with Crippen molar-refractivity contribution in [2.24, 2.45) is 0 Å². The molecule has 0 saturated carbocycles. The van der Waals surface area contributed by atoms with E-state index in [1.807, 2.05) is 87.5 Å². The van der Waals surface area contributed by atoms with Crippen LogP contribution in [0.15, 0.2) is 66.7 Å². The Morgan fingerprint density at radius 3 is 2.18 bits per heavy atom. The molecule has 178 valence electrons. The zero-order chi connectivity index (χ0) is 24.7. The second kappa shape index (κ2) is 11.7. The Bertz CT molecular complexity index is 1120. The molecule has 34 heavy (non-hydrogen) atoms. The molecule has 0 fully saturated rings. The Labute approximate surface area is 206 Å². The lowest BCUT2D eigenvalue weighted by atomic mass is 10.0. The van der Waals surface area contributed by atoms with Crippen LogP contribution in [0.5, 0.6) is 5.75 Å². The van der Waals surface area contributed by atoms with Crippen LogP contribution in [0.4, 0.5) is 0 Å². The van der Waals surface area contributed by atoms with Crippen molar-refractivity contribution in [1.82, 2.24) is 10.2 Å². The molecule has 3 rings (SSSR count). The van der Waals surface area contributed by atoms with Crippen molar-refractivity contribution in [2.45, 2.75) is 39.8 Å². The highest BCUT2D eigenvalue weighted by Gasteiger charge is 2.30. The summed E-state index contributed by atoms with van der Waals surface area (Å²) >= 11 is 6.26. The lowest BCUT2D eigenvalue weighted by Gasteiger charge is -2.31. The molecule has 3 aromatic carbocycles. The van der Waals surface area contributed by atoms with Gasteiger partial charge in [-0.1, -0.05) is 66.2 Å². The molecule has 0 aliphatic carbocycles. The summed E-state index contributed by atoms with van der Waals surface area (Å²) in [4.78, 5) is 28.1. The Balaban J connectivity index is 1.90. The fourth-order valence-electron chi connectivity index (χ4n) is 3.91. The minimum absolute atomic E-state index is 0.186. The summed E-state index contributed by atoms with van der Waals surface area (Å²) in [5.74, 6) is 0.0881. The summed E-state index contributed by atoms with van der Waals surface area (Å²) in [7, 11) is 1.59. The first-order valence-electron chi connectivity index (χ1n) is 11.3. The summed E-state index contributed by atoms with van der Waals surface area (Å²) < 4.78 is 5.87. The maximum absolute atomic E-state index is 13.5. The van der Waals surface area contributed by atoms with Gasteiger partial charge in [-0.3, -0.25) is 9.59 Å². The van der Waals surface area contributed by atoms with Crippen molar-refractivity contribution < 1.29 is 14.3 Å². The number of hydrogen-bond acceptors (Lipinski definition) is 3. The van der Waals surface area contributed by atoms with Crippen LogP contribution in [0, 0.1) is 20.8 Å². The van der Waals surface area contributed by atoms with Gasteiger partial charge in [0.25, 0.3) is 5.91 Å². The number of benzene rings is 3. The molecular formula is C28H31ClN2O3. The maximum Gasteiger partial charge on any atom is 0.261 e. The van der Waals surface area contributed by atoms with Crippen LogP contribution >= 0.6 is 11.6 Å². The molecule has 0 bridgehead atoms. The number of halogens is 1. The zero-order valence-corrected chi connectivity index (χ0v) is 20.9.